The number of aryl methyl sites for hydroxylation is 1. The molecule has 2 aromatic rings. The molecule has 0 spiro atoms. The first-order valence-corrected chi connectivity index (χ1v) is 8.41. The summed E-state index contributed by atoms with van der Waals surface area (Å²) in [7, 11) is 0. The number of ketones is 1. The van der Waals surface area contributed by atoms with Crippen LogP contribution in [0.15, 0.2) is 34.8 Å². The number of rotatable bonds is 2. The van der Waals surface area contributed by atoms with Gasteiger partial charge in [0.05, 0.1) is 32.6 Å². The van der Waals surface area contributed by atoms with E-state index in [1.165, 1.54) is 0 Å². The summed E-state index contributed by atoms with van der Waals surface area (Å²) in [6.45, 7) is 2.33. The Morgan fingerprint density at radius 3 is 2.73 bits per heavy atom. The largest absolute Gasteiger partial charge is 0.491 e. The maximum Gasteiger partial charge on any atom is 0.173 e. The summed E-state index contributed by atoms with van der Waals surface area (Å²) in [6, 6.07) is 9.28. The van der Waals surface area contributed by atoms with E-state index in [1.54, 1.807) is 12.1 Å². The van der Waals surface area contributed by atoms with Crippen molar-refractivity contribution in [1.82, 2.24) is 0 Å². The van der Waals surface area contributed by atoms with Crippen molar-refractivity contribution >= 4 is 44.9 Å². The van der Waals surface area contributed by atoms with E-state index in [9.17, 15) is 4.79 Å². The Bertz CT molecular complexity index is 759. The number of hydrogen-bond acceptors (Lipinski definition) is 2. The van der Waals surface area contributed by atoms with Crippen molar-refractivity contribution in [3.05, 3.63) is 61.5 Å². The van der Waals surface area contributed by atoms with Gasteiger partial charge in [0.15, 0.2) is 5.78 Å². The first-order valence-electron chi connectivity index (χ1n) is 6.87. The first-order chi connectivity index (χ1) is 10.5. The lowest BCUT2D eigenvalue weighted by atomic mass is 9.89. The number of carbonyl (C=O) groups is 1. The highest BCUT2D eigenvalue weighted by Gasteiger charge is 2.30. The van der Waals surface area contributed by atoms with Crippen LogP contribution in [-0.4, -0.2) is 12.4 Å². The van der Waals surface area contributed by atoms with E-state index in [-0.39, 0.29) is 11.7 Å². The van der Waals surface area contributed by atoms with Gasteiger partial charge in [-0.2, -0.15) is 0 Å². The Kier molecular flexibility index (Phi) is 4.49. The first kappa shape index (κ1) is 15.9. The number of Topliss-reactive ketones (excluding diaryl/α,β-unsaturated/α-hetero) is 1. The Labute approximate surface area is 147 Å². The van der Waals surface area contributed by atoms with E-state index in [1.807, 2.05) is 25.1 Å². The number of benzene rings is 2. The van der Waals surface area contributed by atoms with Crippen LogP contribution in [-0.2, 0) is 6.42 Å². The predicted octanol–water partition coefficient (Wildman–Crippen LogP) is 5.50. The van der Waals surface area contributed by atoms with Crippen LogP contribution in [0.3, 0.4) is 0 Å². The monoisotopic (exact) mass is 398 g/mol. The van der Waals surface area contributed by atoms with Crippen LogP contribution < -0.4 is 4.74 Å². The second-order valence-corrected chi connectivity index (χ2v) is 7.12. The van der Waals surface area contributed by atoms with Crippen LogP contribution in [0.2, 0.25) is 10.0 Å². The van der Waals surface area contributed by atoms with Gasteiger partial charge in [0, 0.05) is 0 Å². The van der Waals surface area contributed by atoms with E-state index in [2.05, 4.69) is 15.9 Å². The summed E-state index contributed by atoms with van der Waals surface area (Å²) in [6.07, 6.45) is 0.584. The molecule has 3 rings (SSSR count). The highest BCUT2D eigenvalue weighted by atomic mass is 79.9. The minimum absolute atomic E-state index is 0.108. The quantitative estimate of drug-likeness (QED) is 0.666. The molecule has 2 nitrogen and oxygen atoms in total. The van der Waals surface area contributed by atoms with Crippen LogP contribution in [0.5, 0.6) is 5.75 Å². The fourth-order valence-electron chi connectivity index (χ4n) is 2.64. The van der Waals surface area contributed by atoms with Gasteiger partial charge in [0.1, 0.15) is 5.75 Å². The van der Waals surface area contributed by atoms with Crippen LogP contribution in [0, 0.1) is 12.8 Å². The molecule has 0 N–H and O–H groups in total. The average Bonchev–Trinajstić information content (AvgIpc) is 2.46. The van der Waals surface area contributed by atoms with Gasteiger partial charge >= 0.3 is 0 Å². The van der Waals surface area contributed by atoms with Crippen molar-refractivity contribution in [2.75, 3.05) is 6.61 Å². The molecule has 114 valence electrons. The number of fused-ring (bicyclic) bond motifs is 1. The molecule has 0 fully saturated rings. The third-order valence-electron chi connectivity index (χ3n) is 3.72. The molecule has 0 amide bonds. The van der Waals surface area contributed by atoms with Gasteiger partial charge in [-0.3, -0.25) is 4.79 Å². The normalized spacial score (nSPS) is 17.1. The highest BCUT2D eigenvalue weighted by Crippen LogP contribution is 2.36. The number of hydrogen-bond donors (Lipinski definition) is 0. The van der Waals surface area contributed by atoms with Crippen molar-refractivity contribution in [3.8, 4) is 5.75 Å². The van der Waals surface area contributed by atoms with Crippen molar-refractivity contribution in [2.45, 2.75) is 13.3 Å². The van der Waals surface area contributed by atoms with Crippen molar-refractivity contribution in [3.63, 3.8) is 0 Å². The van der Waals surface area contributed by atoms with Crippen LogP contribution in [0.4, 0.5) is 0 Å². The summed E-state index contributed by atoms with van der Waals surface area (Å²) < 4.78 is 6.61. The molecule has 2 aromatic carbocycles. The van der Waals surface area contributed by atoms with Crippen LogP contribution >= 0.6 is 39.1 Å². The molecule has 0 aromatic heterocycles. The maximum atomic E-state index is 12.7. The molecule has 1 aliphatic heterocycles. The minimum atomic E-state index is -0.210. The lowest BCUT2D eigenvalue weighted by Crippen LogP contribution is -2.29. The molecule has 0 radical (unpaired) electrons. The van der Waals surface area contributed by atoms with Crippen molar-refractivity contribution in [2.24, 2.45) is 5.92 Å². The number of carbonyl (C=O) groups excluding carboxylic acids is 1. The van der Waals surface area contributed by atoms with E-state index < -0.39 is 0 Å². The Balaban J connectivity index is 1.88. The summed E-state index contributed by atoms with van der Waals surface area (Å²) in [5.74, 6) is 0.538. The smallest absolute Gasteiger partial charge is 0.173 e. The maximum absolute atomic E-state index is 12.7. The molecule has 0 saturated carbocycles. The van der Waals surface area contributed by atoms with E-state index in [4.69, 9.17) is 27.9 Å². The number of halogens is 3. The molecule has 0 saturated heterocycles. The van der Waals surface area contributed by atoms with Gasteiger partial charge in [0.25, 0.3) is 0 Å². The molecule has 1 aliphatic rings. The summed E-state index contributed by atoms with van der Waals surface area (Å²) in [4.78, 5) is 12.7. The summed E-state index contributed by atoms with van der Waals surface area (Å²) in [5, 5.41) is 1.02. The molecular formula is C17H13BrCl2O2. The predicted molar refractivity (Wildman–Crippen MR) is 92.4 cm³/mol. The van der Waals surface area contributed by atoms with E-state index >= 15 is 0 Å². The van der Waals surface area contributed by atoms with Crippen LogP contribution in [0.25, 0.3) is 0 Å². The van der Waals surface area contributed by atoms with Gasteiger partial charge in [-0.25, -0.2) is 0 Å². The minimum Gasteiger partial charge on any atom is -0.491 e. The fourth-order valence-corrected chi connectivity index (χ4v) is 3.65. The highest BCUT2D eigenvalue weighted by molar-refractivity contribution is 9.10. The Hall–Kier alpha value is -1.03. The zero-order chi connectivity index (χ0) is 15.9. The standard InChI is InChI=1S/C17H13BrCl2O2/c1-9-4-12-16(21)11(8-22-17(12)13(18)5-9)6-10-2-3-14(19)15(20)7-10/h2-5,7,11H,6,8H2,1H3/t11-/m0/s1. The van der Waals surface area contributed by atoms with Crippen LogP contribution in [0.1, 0.15) is 21.5 Å². The molecule has 1 atom stereocenters. The molecule has 22 heavy (non-hydrogen) atoms. The molecule has 0 bridgehead atoms. The number of ether oxygens (including phenoxy) is 1. The molecule has 1 heterocycles. The second-order valence-electron chi connectivity index (χ2n) is 5.45. The van der Waals surface area contributed by atoms with Gasteiger partial charge in [0.2, 0.25) is 0 Å². The molecule has 0 aliphatic carbocycles. The SMILES string of the molecule is Cc1cc(Br)c2c(c1)C(=O)[C@@H](Cc1ccc(Cl)c(Cl)c1)CO2. The van der Waals surface area contributed by atoms with Gasteiger partial charge in [-0.05, 0) is 64.7 Å². The Morgan fingerprint density at radius 1 is 1.23 bits per heavy atom. The van der Waals surface area contributed by atoms with Gasteiger partial charge < -0.3 is 4.74 Å². The van der Waals surface area contributed by atoms with Crippen molar-refractivity contribution in [1.29, 1.82) is 0 Å². The van der Waals surface area contributed by atoms with Gasteiger partial charge in [-0.1, -0.05) is 29.3 Å². The van der Waals surface area contributed by atoms with Gasteiger partial charge in [-0.15, -0.1) is 0 Å². The molecule has 5 heteroatoms. The third kappa shape index (κ3) is 3.03. The lowest BCUT2D eigenvalue weighted by molar-refractivity contribution is 0.0829. The van der Waals surface area contributed by atoms with E-state index in [0.717, 1.165) is 15.6 Å². The zero-order valence-electron chi connectivity index (χ0n) is 11.8. The molecule has 0 unspecified atom stereocenters. The van der Waals surface area contributed by atoms with E-state index in [0.29, 0.717) is 34.4 Å². The second kappa shape index (κ2) is 6.23. The Morgan fingerprint density at radius 2 is 2.00 bits per heavy atom. The summed E-state index contributed by atoms with van der Waals surface area (Å²) in [5.41, 5.74) is 2.65. The topological polar surface area (TPSA) is 26.3 Å². The lowest BCUT2D eigenvalue weighted by Gasteiger charge is -2.25. The molecular weight excluding hydrogens is 387 g/mol. The third-order valence-corrected chi connectivity index (χ3v) is 5.05. The zero-order valence-corrected chi connectivity index (χ0v) is 14.9. The fraction of sp³-hybridized carbons (Fsp3) is 0.235. The van der Waals surface area contributed by atoms with Crippen molar-refractivity contribution < 1.29 is 9.53 Å². The average molecular weight is 400 g/mol. The summed E-state index contributed by atoms with van der Waals surface area (Å²) >= 11 is 15.4.